The van der Waals surface area contributed by atoms with Crippen molar-refractivity contribution < 1.29 is 42.9 Å². The fraction of sp³-hybridized carbons (Fsp3) is 0.600. The molecule has 9 heteroatoms. The van der Waals surface area contributed by atoms with Crippen LogP contribution in [0.25, 0.3) is 0 Å². The Bertz CT molecular complexity index is 562. The average molecular weight is 342 g/mol. The van der Waals surface area contributed by atoms with Crippen molar-refractivity contribution in [2.75, 3.05) is 0 Å². The monoisotopic (exact) mass is 342 g/mol. The third-order valence-corrected chi connectivity index (χ3v) is 2.85. The van der Waals surface area contributed by atoms with Gasteiger partial charge >= 0.3 is 23.9 Å². The van der Waals surface area contributed by atoms with E-state index < -0.39 is 54.6 Å². The van der Waals surface area contributed by atoms with Gasteiger partial charge in [-0.25, -0.2) is 0 Å². The number of ether oxygens (including phenoxy) is 5. The van der Waals surface area contributed by atoms with E-state index in [9.17, 15) is 19.2 Å². The van der Waals surface area contributed by atoms with Gasteiger partial charge in [-0.15, -0.1) is 6.42 Å². The largest absolute Gasteiger partial charge is 0.455 e. The molecule has 0 aromatic heterocycles. The van der Waals surface area contributed by atoms with Gasteiger partial charge in [-0.3, -0.25) is 19.2 Å². The number of carbonyl (C=O) groups is 4. The lowest BCUT2D eigenvalue weighted by Crippen LogP contribution is -2.44. The summed E-state index contributed by atoms with van der Waals surface area (Å²) in [7, 11) is 0. The molecule has 1 aliphatic rings. The Morgan fingerprint density at radius 2 is 1.38 bits per heavy atom. The molecule has 1 rings (SSSR count). The van der Waals surface area contributed by atoms with Gasteiger partial charge in [0.2, 0.25) is 12.4 Å². The normalized spacial score (nSPS) is 26.6. The zero-order chi connectivity index (χ0) is 18.4. The number of rotatable bonds is 5. The quantitative estimate of drug-likeness (QED) is 0.377. The highest BCUT2D eigenvalue weighted by atomic mass is 16.8. The molecule has 5 atom stereocenters. The van der Waals surface area contributed by atoms with Crippen LogP contribution in [0.1, 0.15) is 27.7 Å². The predicted octanol–water partition coefficient (Wildman–Crippen LogP) is -0.297. The van der Waals surface area contributed by atoms with Crippen molar-refractivity contribution in [1.82, 2.24) is 0 Å². The third-order valence-electron chi connectivity index (χ3n) is 2.85. The lowest BCUT2D eigenvalue weighted by atomic mass is 10.1. The van der Waals surface area contributed by atoms with E-state index >= 15 is 0 Å². The molecule has 0 aromatic carbocycles. The lowest BCUT2D eigenvalue weighted by Gasteiger charge is -2.24. The molecular weight excluding hydrogens is 324 g/mol. The first-order valence-corrected chi connectivity index (χ1v) is 6.96. The van der Waals surface area contributed by atoms with Crippen molar-refractivity contribution in [3.05, 3.63) is 0 Å². The number of hydrogen-bond donors (Lipinski definition) is 0. The Kier molecular flexibility index (Phi) is 6.73. The van der Waals surface area contributed by atoms with Gasteiger partial charge < -0.3 is 23.7 Å². The third kappa shape index (κ3) is 5.24. The molecule has 0 aliphatic carbocycles. The predicted molar refractivity (Wildman–Crippen MR) is 75.9 cm³/mol. The summed E-state index contributed by atoms with van der Waals surface area (Å²) in [4.78, 5) is 45.0. The van der Waals surface area contributed by atoms with Gasteiger partial charge in [0.05, 0.1) is 0 Å². The summed E-state index contributed by atoms with van der Waals surface area (Å²) in [6, 6.07) is 0. The van der Waals surface area contributed by atoms with Crippen molar-refractivity contribution in [3.63, 3.8) is 0 Å². The van der Waals surface area contributed by atoms with Crippen LogP contribution in [0.4, 0.5) is 0 Å². The van der Waals surface area contributed by atoms with Gasteiger partial charge in [-0.05, 0) is 0 Å². The minimum absolute atomic E-state index is 0.692. The van der Waals surface area contributed by atoms with E-state index in [1.807, 2.05) is 0 Å². The number of terminal acetylenes is 1. The van der Waals surface area contributed by atoms with Gasteiger partial charge in [0, 0.05) is 27.7 Å². The van der Waals surface area contributed by atoms with E-state index in [-0.39, 0.29) is 0 Å². The van der Waals surface area contributed by atoms with Crippen LogP contribution in [0.2, 0.25) is 0 Å². The molecule has 0 saturated carbocycles. The SMILES string of the molecule is C#C[C@H](OC(C)=O)[C@@H]1OC(OC(C)=O)[C@@H](OC(C)=O)C1OC(C)=O. The van der Waals surface area contributed by atoms with Crippen molar-refractivity contribution >= 4 is 23.9 Å². The standard InChI is InChI=1S/C15H18O9/c1-6-11(20-7(2)16)12-13(21-8(3)17)14(22-9(4)18)15(24-12)23-10(5)19/h1,11-15H,2-5H3/t11-,12-,13?,14-,15?/m0/s1. The maximum absolute atomic E-state index is 11.4. The van der Waals surface area contributed by atoms with Gasteiger partial charge in [0.25, 0.3) is 0 Å². The molecule has 9 nitrogen and oxygen atoms in total. The molecule has 24 heavy (non-hydrogen) atoms. The molecule has 0 bridgehead atoms. The summed E-state index contributed by atoms with van der Waals surface area (Å²) in [5, 5.41) is 0. The molecule has 0 amide bonds. The highest BCUT2D eigenvalue weighted by molar-refractivity contribution is 5.69. The van der Waals surface area contributed by atoms with Gasteiger partial charge in [-0.1, -0.05) is 5.92 Å². The van der Waals surface area contributed by atoms with Crippen LogP contribution in [0.5, 0.6) is 0 Å². The first kappa shape index (κ1) is 19.4. The molecule has 132 valence electrons. The Morgan fingerprint density at radius 3 is 1.79 bits per heavy atom. The highest BCUT2D eigenvalue weighted by Gasteiger charge is 2.54. The van der Waals surface area contributed by atoms with E-state index in [4.69, 9.17) is 30.1 Å². The van der Waals surface area contributed by atoms with Crippen molar-refractivity contribution in [2.24, 2.45) is 0 Å². The number of carbonyl (C=O) groups excluding carboxylic acids is 4. The van der Waals surface area contributed by atoms with Crippen molar-refractivity contribution in [2.45, 2.75) is 58.4 Å². The van der Waals surface area contributed by atoms with Gasteiger partial charge in [0.15, 0.2) is 18.3 Å². The van der Waals surface area contributed by atoms with Gasteiger partial charge in [-0.2, -0.15) is 0 Å². The molecule has 1 heterocycles. The van der Waals surface area contributed by atoms with Crippen molar-refractivity contribution in [1.29, 1.82) is 0 Å². The maximum atomic E-state index is 11.4. The minimum Gasteiger partial charge on any atom is -0.455 e. The maximum Gasteiger partial charge on any atom is 0.305 e. The van der Waals surface area contributed by atoms with Crippen LogP contribution >= 0.6 is 0 Å². The zero-order valence-electron chi connectivity index (χ0n) is 13.6. The van der Waals surface area contributed by atoms with Crippen LogP contribution in [-0.2, 0) is 42.9 Å². The summed E-state index contributed by atoms with van der Waals surface area (Å²) in [5.41, 5.74) is 0. The first-order valence-electron chi connectivity index (χ1n) is 6.96. The van der Waals surface area contributed by atoms with Gasteiger partial charge in [0.1, 0.15) is 0 Å². The fourth-order valence-corrected chi connectivity index (χ4v) is 2.17. The van der Waals surface area contributed by atoms with Crippen LogP contribution in [-0.4, -0.2) is 54.6 Å². The van der Waals surface area contributed by atoms with Crippen LogP contribution in [0.3, 0.4) is 0 Å². The smallest absolute Gasteiger partial charge is 0.305 e. The van der Waals surface area contributed by atoms with E-state index in [0.717, 1.165) is 27.7 Å². The Labute approximate surface area is 138 Å². The molecule has 2 unspecified atom stereocenters. The molecule has 0 spiro atoms. The molecular formula is C15H18O9. The molecule has 1 fully saturated rings. The molecule has 0 aromatic rings. The molecule has 0 N–H and O–H groups in total. The van der Waals surface area contributed by atoms with Crippen LogP contribution < -0.4 is 0 Å². The van der Waals surface area contributed by atoms with Crippen molar-refractivity contribution in [3.8, 4) is 12.3 Å². The Morgan fingerprint density at radius 1 is 0.875 bits per heavy atom. The lowest BCUT2D eigenvalue weighted by molar-refractivity contribution is -0.199. The summed E-state index contributed by atoms with van der Waals surface area (Å²) in [5.74, 6) is -0.658. The van der Waals surface area contributed by atoms with E-state index in [1.54, 1.807) is 0 Å². The van der Waals surface area contributed by atoms with Crippen LogP contribution in [0.15, 0.2) is 0 Å². The van der Waals surface area contributed by atoms with E-state index in [0.29, 0.717) is 0 Å². The number of esters is 4. The molecule has 1 aliphatic heterocycles. The Balaban J connectivity index is 3.16. The Hall–Kier alpha value is -2.60. The molecule has 1 saturated heterocycles. The summed E-state index contributed by atoms with van der Waals surface area (Å²) >= 11 is 0. The first-order chi connectivity index (χ1) is 11.1. The summed E-state index contributed by atoms with van der Waals surface area (Å²) in [6.45, 7) is 4.49. The second-order valence-corrected chi connectivity index (χ2v) is 4.92. The fourth-order valence-electron chi connectivity index (χ4n) is 2.17. The molecule has 0 radical (unpaired) electrons. The topological polar surface area (TPSA) is 114 Å². The zero-order valence-corrected chi connectivity index (χ0v) is 13.6. The van der Waals surface area contributed by atoms with E-state index in [1.165, 1.54) is 0 Å². The van der Waals surface area contributed by atoms with E-state index in [2.05, 4.69) is 5.92 Å². The average Bonchev–Trinajstić information content (AvgIpc) is 2.72. The van der Waals surface area contributed by atoms with Crippen LogP contribution in [0, 0.1) is 12.3 Å². The second kappa shape index (κ2) is 8.31. The highest BCUT2D eigenvalue weighted by Crippen LogP contribution is 2.31. The summed E-state index contributed by atoms with van der Waals surface area (Å²) in [6.07, 6.45) is -0.956. The summed E-state index contributed by atoms with van der Waals surface area (Å²) < 4.78 is 25.4. The minimum atomic E-state index is -1.37. The second-order valence-electron chi connectivity index (χ2n) is 4.92. The number of hydrogen-bond acceptors (Lipinski definition) is 9.